The topological polar surface area (TPSA) is 107 Å². The summed E-state index contributed by atoms with van der Waals surface area (Å²) in [5.74, 6) is -0.689. The lowest BCUT2D eigenvalue weighted by atomic mass is 10.2. The summed E-state index contributed by atoms with van der Waals surface area (Å²) in [6, 6.07) is 5.60. The molecule has 0 spiro atoms. The number of amides is 2. The number of hydrogen-bond acceptors (Lipinski definition) is 5. The van der Waals surface area contributed by atoms with Crippen LogP contribution in [0.1, 0.15) is 31.1 Å². The van der Waals surface area contributed by atoms with E-state index in [1.165, 1.54) is 29.2 Å². The van der Waals surface area contributed by atoms with Gasteiger partial charge in [-0.2, -0.15) is 0 Å². The average Bonchev–Trinajstić information content (AvgIpc) is 2.34. The van der Waals surface area contributed by atoms with Gasteiger partial charge in [0.25, 0.3) is 0 Å². The molecule has 1 heterocycles. The van der Waals surface area contributed by atoms with Crippen LogP contribution in [0.4, 0.5) is 4.79 Å². The molecule has 126 valence electrons. The van der Waals surface area contributed by atoms with Gasteiger partial charge in [0, 0.05) is 18.7 Å². The third-order valence-electron chi connectivity index (χ3n) is 3.39. The molecule has 8 heteroatoms. The lowest BCUT2D eigenvalue weighted by Gasteiger charge is -2.39. The minimum Gasteiger partial charge on any atom is -0.444 e. The summed E-state index contributed by atoms with van der Waals surface area (Å²) in [5, 5.41) is -0.710. The van der Waals surface area contributed by atoms with Crippen LogP contribution in [-0.4, -0.2) is 49.3 Å². The summed E-state index contributed by atoms with van der Waals surface area (Å²) in [6.45, 7) is 5.37. The standard InChI is InChI=1S/C15H20N2O5S/c1-15(2,3)22-14(19)17-8-12(9-17)23(20,21)11-6-4-5-10(7-11)13(16)18/h4-7,12H,8-9H2,1-3H3,(H2,16,18). The average molecular weight is 340 g/mol. The van der Waals surface area contributed by atoms with E-state index < -0.39 is 32.7 Å². The highest BCUT2D eigenvalue weighted by molar-refractivity contribution is 7.92. The quantitative estimate of drug-likeness (QED) is 0.889. The summed E-state index contributed by atoms with van der Waals surface area (Å²) in [4.78, 5) is 24.4. The SMILES string of the molecule is CC(C)(C)OC(=O)N1CC(S(=O)(=O)c2cccc(C(N)=O)c2)C1. The lowest BCUT2D eigenvalue weighted by molar-refractivity contribution is 0.0139. The predicted molar refractivity (Wildman–Crippen MR) is 83.7 cm³/mol. The fourth-order valence-corrected chi connectivity index (χ4v) is 3.83. The molecule has 0 saturated carbocycles. The summed E-state index contributed by atoms with van der Waals surface area (Å²) in [5.41, 5.74) is 4.67. The fraction of sp³-hybridized carbons (Fsp3) is 0.467. The Balaban J connectivity index is 2.08. The number of primary amides is 1. The molecule has 0 aromatic heterocycles. The Bertz CT molecular complexity index is 730. The third-order valence-corrected chi connectivity index (χ3v) is 5.47. The Labute approximate surface area is 135 Å². The molecule has 1 saturated heterocycles. The molecule has 7 nitrogen and oxygen atoms in total. The first-order valence-electron chi connectivity index (χ1n) is 7.12. The third kappa shape index (κ3) is 3.82. The van der Waals surface area contributed by atoms with Gasteiger partial charge in [-0.1, -0.05) is 6.07 Å². The summed E-state index contributed by atoms with van der Waals surface area (Å²) in [7, 11) is -3.63. The van der Waals surface area contributed by atoms with Crippen molar-refractivity contribution < 1.29 is 22.7 Å². The number of ether oxygens (including phenoxy) is 1. The van der Waals surface area contributed by atoms with Crippen molar-refractivity contribution >= 4 is 21.8 Å². The molecule has 2 N–H and O–H groups in total. The largest absolute Gasteiger partial charge is 0.444 e. The van der Waals surface area contributed by atoms with Crippen LogP contribution >= 0.6 is 0 Å². The minimum absolute atomic E-state index is 0.0302. The highest BCUT2D eigenvalue weighted by atomic mass is 32.2. The summed E-state index contributed by atoms with van der Waals surface area (Å²) in [6.07, 6.45) is -0.533. The maximum Gasteiger partial charge on any atom is 0.410 e. The Kier molecular flexibility index (Phi) is 4.39. The maximum atomic E-state index is 12.5. The number of hydrogen-bond donors (Lipinski definition) is 1. The Morgan fingerprint density at radius 1 is 1.26 bits per heavy atom. The predicted octanol–water partition coefficient (Wildman–Crippen LogP) is 1.18. The van der Waals surface area contributed by atoms with Gasteiger partial charge in [-0.15, -0.1) is 0 Å². The number of sulfone groups is 1. The van der Waals surface area contributed by atoms with Gasteiger partial charge >= 0.3 is 6.09 Å². The van der Waals surface area contributed by atoms with Gasteiger partial charge in [0.1, 0.15) is 10.9 Å². The number of carbonyl (C=O) groups excluding carboxylic acids is 2. The fourth-order valence-electron chi connectivity index (χ4n) is 2.13. The van der Waals surface area contributed by atoms with Gasteiger partial charge in [-0.25, -0.2) is 13.2 Å². The summed E-state index contributed by atoms with van der Waals surface area (Å²) < 4.78 is 30.2. The Hall–Kier alpha value is -2.09. The van der Waals surface area contributed by atoms with Crippen LogP contribution < -0.4 is 5.73 Å². The lowest BCUT2D eigenvalue weighted by Crippen LogP contribution is -2.57. The van der Waals surface area contributed by atoms with Crippen LogP contribution in [0.15, 0.2) is 29.2 Å². The van der Waals surface area contributed by atoms with Crippen molar-refractivity contribution in [2.75, 3.05) is 13.1 Å². The zero-order valence-electron chi connectivity index (χ0n) is 13.3. The van der Waals surface area contributed by atoms with E-state index in [0.29, 0.717) is 0 Å². The molecule has 0 aliphatic carbocycles. The molecule has 1 aliphatic rings. The minimum atomic E-state index is -3.63. The van der Waals surface area contributed by atoms with Crippen molar-refractivity contribution in [2.45, 2.75) is 36.5 Å². The van der Waals surface area contributed by atoms with E-state index in [1.807, 2.05) is 0 Å². The van der Waals surface area contributed by atoms with Crippen LogP contribution in [0.3, 0.4) is 0 Å². The molecule has 1 aromatic rings. The van der Waals surface area contributed by atoms with Crippen molar-refractivity contribution in [1.29, 1.82) is 0 Å². The molecule has 0 unspecified atom stereocenters. The van der Waals surface area contributed by atoms with E-state index in [1.54, 1.807) is 20.8 Å². The Morgan fingerprint density at radius 3 is 2.39 bits per heavy atom. The second kappa shape index (κ2) is 5.84. The van der Waals surface area contributed by atoms with Crippen molar-refractivity contribution in [1.82, 2.24) is 4.90 Å². The molecule has 0 bridgehead atoms. The van der Waals surface area contributed by atoms with Gasteiger partial charge in [0.05, 0.1) is 4.90 Å². The van der Waals surface area contributed by atoms with Gasteiger partial charge in [-0.05, 0) is 39.0 Å². The van der Waals surface area contributed by atoms with Gasteiger partial charge in [-0.3, -0.25) is 4.79 Å². The molecule has 1 fully saturated rings. The number of rotatable bonds is 3. The van der Waals surface area contributed by atoms with Crippen LogP contribution in [0, 0.1) is 0 Å². The van der Waals surface area contributed by atoms with E-state index in [2.05, 4.69) is 0 Å². The smallest absolute Gasteiger partial charge is 0.410 e. The molecule has 23 heavy (non-hydrogen) atoms. The van der Waals surface area contributed by atoms with E-state index >= 15 is 0 Å². The Morgan fingerprint density at radius 2 is 1.87 bits per heavy atom. The molecular weight excluding hydrogens is 320 g/mol. The molecule has 2 rings (SSSR count). The van der Waals surface area contributed by atoms with E-state index in [-0.39, 0.29) is 23.5 Å². The maximum absolute atomic E-state index is 12.5. The molecule has 2 amide bonds. The monoisotopic (exact) mass is 340 g/mol. The molecule has 0 atom stereocenters. The number of carbonyl (C=O) groups is 2. The van der Waals surface area contributed by atoms with Gasteiger partial charge < -0.3 is 15.4 Å². The first-order chi connectivity index (χ1) is 10.5. The zero-order valence-corrected chi connectivity index (χ0v) is 14.1. The second-order valence-corrected chi connectivity index (χ2v) is 8.67. The second-order valence-electron chi connectivity index (χ2n) is 6.44. The van der Waals surface area contributed by atoms with Gasteiger partial charge in [0.2, 0.25) is 5.91 Å². The van der Waals surface area contributed by atoms with Crippen LogP contribution in [0.25, 0.3) is 0 Å². The first-order valence-corrected chi connectivity index (χ1v) is 8.67. The number of nitrogens with two attached hydrogens (primary N) is 1. The van der Waals surface area contributed by atoms with E-state index in [0.717, 1.165) is 0 Å². The van der Waals surface area contributed by atoms with Gasteiger partial charge in [0.15, 0.2) is 9.84 Å². The zero-order chi connectivity index (χ0) is 17.4. The van der Waals surface area contributed by atoms with Crippen molar-refractivity contribution in [2.24, 2.45) is 5.73 Å². The normalized spacial score (nSPS) is 15.9. The van der Waals surface area contributed by atoms with Crippen molar-refractivity contribution in [3.05, 3.63) is 29.8 Å². The molecule has 1 aromatic carbocycles. The van der Waals surface area contributed by atoms with Crippen LogP contribution in [0.2, 0.25) is 0 Å². The first kappa shape index (κ1) is 17.3. The molecule has 0 radical (unpaired) electrons. The molecule has 1 aliphatic heterocycles. The van der Waals surface area contributed by atoms with Crippen molar-refractivity contribution in [3.8, 4) is 0 Å². The van der Waals surface area contributed by atoms with Crippen molar-refractivity contribution in [3.63, 3.8) is 0 Å². The van der Waals surface area contributed by atoms with Crippen LogP contribution in [0.5, 0.6) is 0 Å². The number of benzene rings is 1. The number of likely N-dealkylation sites (tertiary alicyclic amines) is 1. The van der Waals surface area contributed by atoms with Crippen LogP contribution in [-0.2, 0) is 14.6 Å². The molecular formula is C15H20N2O5S. The highest BCUT2D eigenvalue weighted by Crippen LogP contribution is 2.25. The van der Waals surface area contributed by atoms with E-state index in [4.69, 9.17) is 10.5 Å². The number of nitrogens with zero attached hydrogens (tertiary/aromatic N) is 1. The highest BCUT2D eigenvalue weighted by Gasteiger charge is 2.42. The summed E-state index contributed by atoms with van der Waals surface area (Å²) >= 11 is 0. The van der Waals surface area contributed by atoms with E-state index in [9.17, 15) is 18.0 Å².